The zero-order chi connectivity index (χ0) is 19.2. The average molecular weight is 368 g/mol. The third-order valence-corrected chi connectivity index (χ3v) is 4.55. The molecule has 1 atom stereocenters. The number of carbonyl (C=O) groups excluding carboxylic acids is 2. The molecule has 7 heteroatoms. The molecule has 0 bridgehead atoms. The van der Waals surface area contributed by atoms with Crippen molar-refractivity contribution in [2.45, 2.75) is 25.4 Å². The topological polar surface area (TPSA) is 89.8 Å². The van der Waals surface area contributed by atoms with Crippen molar-refractivity contribution in [1.82, 2.24) is 4.90 Å². The summed E-state index contributed by atoms with van der Waals surface area (Å²) in [5.74, 6) is -0.250. The molecule has 0 spiro atoms. The number of amides is 1. The van der Waals surface area contributed by atoms with Gasteiger partial charge >= 0.3 is 5.69 Å². The first kappa shape index (κ1) is 18.6. The Morgan fingerprint density at radius 2 is 1.81 bits per heavy atom. The maximum Gasteiger partial charge on any atom is 0.311 e. The van der Waals surface area contributed by atoms with E-state index in [0.717, 1.165) is 25.3 Å². The quantitative estimate of drug-likeness (QED) is 0.442. The van der Waals surface area contributed by atoms with Gasteiger partial charge < -0.3 is 9.64 Å². The molecule has 1 aliphatic heterocycles. The summed E-state index contributed by atoms with van der Waals surface area (Å²) >= 11 is 0. The van der Waals surface area contributed by atoms with Gasteiger partial charge in [0.15, 0.2) is 5.75 Å². The minimum atomic E-state index is -0.981. The summed E-state index contributed by atoms with van der Waals surface area (Å²) in [7, 11) is 0. The molecule has 0 aliphatic carbocycles. The van der Waals surface area contributed by atoms with E-state index in [1.807, 2.05) is 6.07 Å². The summed E-state index contributed by atoms with van der Waals surface area (Å²) in [6, 6.07) is 12.9. The van der Waals surface area contributed by atoms with Gasteiger partial charge in [-0.1, -0.05) is 30.3 Å². The lowest BCUT2D eigenvalue weighted by Gasteiger charge is -2.30. The second kappa shape index (κ2) is 8.44. The van der Waals surface area contributed by atoms with E-state index in [-0.39, 0.29) is 22.9 Å². The van der Waals surface area contributed by atoms with Gasteiger partial charge in [-0.2, -0.15) is 0 Å². The summed E-state index contributed by atoms with van der Waals surface area (Å²) in [6.45, 7) is 1.30. The van der Waals surface area contributed by atoms with Gasteiger partial charge in [0, 0.05) is 30.3 Å². The highest BCUT2D eigenvalue weighted by atomic mass is 16.6. The molecule has 0 unspecified atom stereocenters. The SMILES string of the molecule is O=Cc1ccc(O[C@H](C(=O)N2CCCCC2)c2ccccc2)c([N+](=O)[O-])c1. The van der Waals surface area contributed by atoms with E-state index < -0.39 is 11.0 Å². The lowest BCUT2D eigenvalue weighted by molar-refractivity contribution is -0.386. The summed E-state index contributed by atoms with van der Waals surface area (Å²) in [4.78, 5) is 36.5. The number of nitro groups is 1. The Morgan fingerprint density at radius 3 is 2.44 bits per heavy atom. The van der Waals surface area contributed by atoms with E-state index in [2.05, 4.69) is 0 Å². The molecule has 1 heterocycles. The number of rotatable bonds is 6. The molecule has 140 valence electrons. The van der Waals surface area contributed by atoms with Crippen LogP contribution < -0.4 is 4.74 Å². The number of likely N-dealkylation sites (tertiary alicyclic amines) is 1. The molecule has 2 aromatic carbocycles. The summed E-state index contributed by atoms with van der Waals surface area (Å²) in [5.41, 5.74) is 0.460. The van der Waals surface area contributed by atoms with Crippen molar-refractivity contribution >= 4 is 17.9 Å². The first-order valence-corrected chi connectivity index (χ1v) is 8.84. The van der Waals surface area contributed by atoms with Crippen LogP contribution in [0, 0.1) is 10.1 Å². The molecule has 0 N–H and O–H groups in total. The number of nitrogens with zero attached hydrogens (tertiary/aromatic N) is 2. The van der Waals surface area contributed by atoms with Crippen LogP contribution in [0.4, 0.5) is 5.69 Å². The Labute approximate surface area is 156 Å². The lowest BCUT2D eigenvalue weighted by atomic mass is 10.1. The van der Waals surface area contributed by atoms with Gasteiger partial charge in [0.05, 0.1) is 4.92 Å². The maximum atomic E-state index is 13.1. The highest BCUT2D eigenvalue weighted by Crippen LogP contribution is 2.33. The Morgan fingerprint density at radius 1 is 1.11 bits per heavy atom. The van der Waals surface area contributed by atoms with Crippen molar-refractivity contribution in [3.8, 4) is 5.75 Å². The fraction of sp³-hybridized carbons (Fsp3) is 0.300. The second-order valence-corrected chi connectivity index (χ2v) is 6.40. The van der Waals surface area contributed by atoms with Crippen LogP contribution in [0.3, 0.4) is 0 Å². The largest absolute Gasteiger partial charge is 0.469 e. The average Bonchev–Trinajstić information content (AvgIpc) is 2.72. The molecule has 27 heavy (non-hydrogen) atoms. The van der Waals surface area contributed by atoms with Crippen molar-refractivity contribution in [2.24, 2.45) is 0 Å². The van der Waals surface area contributed by atoms with Crippen molar-refractivity contribution < 1.29 is 19.2 Å². The minimum absolute atomic E-state index is 0.0372. The summed E-state index contributed by atoms with van der Waals surface area (Å²) < 4.78 is 5.86. The molecule has 1 fully saturated rings. The highest BCUT2D eigenvalue weighted by Gasteiger charge is 2.30. The van der Waals surface area contributed by atoms with E-state index in [1.54, 1.807) is 29.2 Å². The standard InChI is InChI=1S/C20H20N2O5/c23-14-15-9-10-18(17(13-15)22(25)26)27-19(16-7-3-1-4-8-16)20(24)21-11-5-2-6-12-21/h1,3-4,7-10,13-14,19H,2,5-6,11-12H2/t19-/m0/s1. The van der Waals surface area contributed by atoms with Crippen LogP contribution in [0.2, 0.25) is 0 Å². The van der Waals surface area contributed by atoms with Crippen LogP contribution in [0.15, 0.2) is 48.5 Å². The van der Waals surface area contributed by atoms with Crippen molar-refractivity contribution in [2.75, 3.05) is 13.1 Å². The predicted molar refractivity (Wildman–Crippen MR) is 98.7 cm³/mol. The van der Waals surface area contributed by atoms with E-state index in [1.165, 1.54) is 12.1 Å². The second-order valence-electron chi connectivity index (χ2n) is 6.40. The molecule has 1 saturated heterocycles. The third-order valence-electron chi connectivity index (χ3n) is 4.55. The molecular formula is C20H20N2O5. The monoisotopic (exact) mass is 368 g/mol. The van der Waals surface area contributed by atoms with Crippen LogP contribution in [-0.2, 0) is 4.79 Å². The van der Waals surface area contributed by atoms with Crippen LogP contribution in [0.25, 0.3) is 0 Å². The molecule has 0 aromatic heterocycles. The molecular weight excluding hydrogens is 348 g/mol. The van der Waals surface area contributed by atoms with E-state index in [9.17, 15) is 19.7 Å². The predicted octanol–water partition coefficient (Wildman–Crippen LogP) is 3.54. The number of ether oxygens (including phenoxy) is 1. The van der Waals surface area contributed by atoms with Gasteiger partial charge in [0.1, 0.15) is 6.29 Å². The Hall–Kier alpha value is -3.22. The van der Waals surface area contributed by atoms with Gasteiger partial charge in [-0.05, 0) is 31.4 Å². The normalized spacial score (nSPS) is 15.0. The van der Waals surface area contributed by atoms with E-state index >= 15 is 0 Å². The molecule has 1 amide bonds. The maximum absolute atomic E-state index is 13.1. The van der Waals surface area contributed by atoms with Crippen molar-refractivity contribution in [3.05, 3.63) is 69.8 Å². The highest BCUT2D eigenvalue weighted by molar-refractivity contribution is 5.83. The van der Waals surface area contributed by atoms with Gasteiger partial charge in [0.25, 0.3) is 5.91 Å². The van der Waals surface area contributed by atoms with Crippen LogP contribution in [0.5, 0.6) is 5.75 Å². The number of nitro benzene ring substituents is 1. The number of piperidine rings is 1. The third kappa shape index (κ3) is 4.31. The van der Waals surface area contributed by atoms with Gasteiger partial charge in [-0.15, -0.1) is 0 Å². The molecule has 1 aliphatic rings. The fourth-order valence-electron chi connectivity index (χ4n) is 3.15. The minimum Gasteiger partial charge on any atom is -0.469 e. The van der Waals surface area contributed by atoms with Gasteiger partial charge in [-0.3, -0.25) is 19.7 Å². The summed E-state index contributed by atoms with van der Waals surface area (Å²) in [5, 5.41) is 11.4. The van der Waals surface area contributed by atoms with E-state index in [4.69, 9.17) is 4.74 Å². The number of benzene rings is 2. The number of hydrogen-bond acceptors (Lipinski definition) is 5. The zero-order valence-electron chi connectivity index (χ0n) is 14.7. The first-order valence-electron chi connectivity index (χ1n) is 8.84. The van der Waals surface area contributed by atoms with Crippen LogP contribution >= 0.6 is 0 Å². The fourth-order valence-corrected chi connectivity index (χ4v) is 3.15. The van der Waals surface area contributed by atoms with Crippen LogP contribution in [-0.4, -0.2) is 35.1 Å². The Kier molecular flexibility index (Phi) is 5.80. The molecule has 0 saturated carbocycles. The van der Waals surface area contributed by atoms with E-state index in [0.29, 0.717) is 24.9 Å². The number of aldehydes is 1. The Balaban J connectivity index is 1.95. The number of hydrogen-bond donors (Lipinski definition) is 0. The molecule has 3 rings (SSSR count). The van der Waals surface area contributed by atoms with Crippen LogP contribution in [0.1, 0.15) is 41.3 Å². The van der Waals surface area contributed by atoms with Gasteiger partial charge in [-0.25, -0.2) is 0 Å². The Bertz CT molecular complexity index is 832. The zero-order valence-corrected chi connectivity index (χ0v) is 14.7. The van der Waals surface area contributed by atoms with Crippen molar-refractivity contribution in [1.29, 1.82) is 0 Å². The van der Waals surface area contributed by atoms with Gasteiger partial charge in [0.2, 0.25) is 6.10 Å². The first-order chi connectivity index (χ1) is 13.1. The van der Waals surface area contributed by atoms with Crippen molar-refractivity contribution in [3.63, 3.8) is 0 Å². The molecule has 7 nitrogen and oxygen atoms in total. The number of carbonyl (C=O) groups is 2. The summed E-state index contributed by atoms with van der Waals surface area (Å²) in [6.07, 6.45) is 2.50. The molecule has 0 radical (unpaired) electrons. The smallest absolute Gasteiger partial charge is 0.311 e. The molecule has 2 aromatic rings. The lowest BCUT2D eigenvalue weighted by Crippen LogP contribution is -2.40.